The normalized spacial score (nSPS) is 9.90. The summed E-state index contributed by atoms with van der Waals surface area (Å²) in [5.41, 5.74) is 7.85. The van der Waals surface area contributed by atoms with Gasteiger partial charge in [0.25, 0.3) is 5.91 Å². The molecule has 0 spiro atoms. The van der Waals surface area contributed by atoms with Crippen molar-refractivity contribution in [2.45, 2.75) is 6.92 Å². The fraction of sp³-hybridized carbons (Fsp3) is 0.200. The molecule has 0 aliphatic heterocycles. The number of benzene rings is 1. The van der Waals surface area contributed by atoms with Crippen molar-refractivity contribution in [3.8, 4) is 11.8 Å². The number of hydrogen-bond donors (Lipinski definition) is 2. The van der Waals surface area contributed by atoms with Crippen LogP contribution in [0.4, 0.5) is 5.69 Å². The fourth-order valence-electron chi connectivity index (χ4n) is 1.82. The number of aromatic nitrogens is 2. The summed E-state index contributed by atoms with van der Waals surface area (Å²) in [7, 11) is 1.80. The number of carbonyl (C=O) groups is 1. The summed E-state index contributed by atoms with van der Waals surface area (Å²) in [4.78, 5) is 12.2. The van der Waals surface area contributed by atoms with E-state index in [0.29, 0.717) is 21.8 Å². The van der Waals surface area contributed by atoms with Gasteiger partial charge in [-0.15, -0.1) is 0 Å². The van der Waals surface area contributed by atoms with Gasteiger partial charge in [-0.1, -0.05) is 23.4 Å². The third-order valence-corrected chi connectivity index (χ3v) is 3.13. The molecule has 0 aliphatic carbocycles. The van der Waals surface area contributed by atoms with Gasteiger partial charge >= 0.3 is 0 Å². The Morgan fingerprint density at radius 3 is 2.86 bits per heavy atom. The average Bonchev–Trinajstić information content (AvgIpc) is 2.75. The summed E-state index contributed by atoms with van der Waals surface area (Å²) in [6.45, 7) is 2.09. The topological polar surface area (TPSA) is 72.9 Å². The fourth-order valence-corrected chi connectivity index (χ4v) is 2.05. The van der Waals surface area contributed by atoms with Crippen LogP contribution in [-0.4, -0.2) is 22.2 Å². The number of rotatable bonds is 2. The molecule has 6 heteroatoms. The van der Waals surface area contributed by atoms with Crippen molar-refractivity contribution in [3.63, 3.8) is 0 Å². The SMILES string of the molecule is Cc1nn(C)cc1NC(=O)c1ccc(C#CCN)c(Cl)c1. The van der Waals surface area contributed by atoms with Crippen molar-refractivity contribution >= 4 is 23.2 Å². The minimum Gasteiger partial charge on any atom is -0.320 e. The number of hydrogen-bond acceptors (Lipinski definition) is 3. The summed E-state index contributed by atoms with van der Waals surface area (Å²) in [5, 5.41) is 7.39. The molecular formula is C15H15ClN4O. The molecule has 1 aromatic heterocycles. The molecule has 0 saturated heterocycles. The highest BCUT2D eigenvalue weighted by Gasteiger charge is 2.11. The second kappa shape index (κ2) is 6.44. The molecule has 21 heavy (non-hydrogen) atoms. The third-order valence-electron chi connectivity index (χ3n) is 2.82. The molecule has 0 aliphatic rings. The van der Waals surface area contributed by atoms with Crippen molar-refractivity contribution in [2.75, 3.05) is 11.9 Å². The smallest absolute Gasteiger partial charge is 0.255 e. The highest BCUT2D eigenvalue weighted by atomic mass is 35.5. The van der Waals surface area contributed by atoms with Crippen molar-refractivity contribution in [3.05, 3.63) is 46.2 Å². The van der Waals surface area contributed by atoms with Gasteiger partial charge in [0, 0.05) is 24.4 Å². The van der Waals surface area contributed by atoms with E-state index in [4.69, 9.17) is 17.3 Å². The lowest BCUT2D eigenvalue weighted by molar-refractivity contribution is 0.102. The number of nitrogens with one attached hydrogen (secondary N) is 1. The Labute approximate surface area is 128 Å². The molecule has 2 aromatic rings. The predicted molar refractivity (Wildman–Crippen MR) is 83.3 cm³/mol. The Morgan fingerprint density at radius 2 is 2.29 bits per heavy atom. The van der Waals surface area contributed by atoms with Crippen LogP contribution in [0.5, 0.6) is 0 Å². The molecule has 1 amide bonds. The maximum absolute atomic E-state index is 12.2. The first-order chi connectivity index (χ1) is 10.0. The number of carbonyl (C=O) groups excluding carboxylic acids is 1. The second-order valence-electron chi connectivity index (χ2n) is 4.46. The maximum atomic E-state index is 12.2. The van der Waals surface area contributed by atoms with Crippen LogP contribution in [0.15, 0.2) is 24.4 Å². The first-order valence-electron chi connectivity index (χ1n) is 6.31. The Bertz CT molecular complexity index is 740. The van der Waals surface area contributed by atoms with E-state index in [1.54, 1.807) is 36.1 Å². The van der Waals surface area contributed by atoms with E-state index in [2.05, 4.69) is 22.3 Å². The summed E-state index contributed by atoms with van der Waals surface area (Å²) in [6, 6.07) is 4.96. The number of halogens is 1. The van der Waals surface area contributed by atoms with Crippen LogP contribution in [-0.2, 0) is 7.05 Å². The maximum Gasteiger partial charge on any atom is 0.255 e. The van der Waals surface area contributed by atoms with E-state index in [0.717, 1.165) is 5.69 Å². The van der Waals surface area contributed by atoms with Crippen molar-refractivity contribution in [2.24, 2.45) is 12.8 Å². The summed E-state index contributed by atoms with van der Waals surface area (Å²) in [5.74, 6) is 5.33. The zero-order valence-electron chi connectivity index (χ0n) is 11.8. The van der Waals surface area contributed by atoms with Crippen LogP contribution in [0.2, 0.25) is 5.02 Å². The molecule has 0 unspecified atom stereocenters. The lowest BCUT2D eigenvalue weighted by Crippen LogP contribution is -2.12. The average molecular weight is 303 g/mol. The van der Waals surface area contributed by atoms with Gasteiger partial charge < -0.3 is 11.1 Å². The molecule has 0 bridgehead atoms. The highest BCUT2D eigenvalue weighted by Crippen LogP contribution is 2.19. The van der Waals surface area contributed by atoms with E-state index in [1.165, 1.54) is 0 Å². The summed E-state index contributed by atoms with van der Waals surface area (Å²) in [6.07, 6.45) is 1.75. The molecule has 1 aromatic carbocycles. The molecule has 1 heterocycles. The quantitative estimate of drug-likeness (QED) is 0.833. The number of nitrogens with zero attached hydrogens (tertiary/aromatic N) is 2. The van der Waals surface area contributed by atoms with Crippen LogP contribution in [0.3, 0.4) is 0 Å². The van der Waals surface area contributed by atoms with Crippen LogP contribution in [0, 0.1) is 18.8 Å². The largest absolute Gasteiger partial charge is 0.320 e. The van der Waals surface area contributed by atoms with Gasteiger partial charge in [-0.3, -0.25) is 9.48 Å². The first kappa shape index (κ1) is 15.1. The molecular weight excluding hydrogens is 288 g/mol. The van der Waals surface area contributed by atoms with E-state index in [1.807, 2.05) is 6.92 Å². The summed E-state index contributed by atoms with van der Waals surface area (Å²) >= 11 is 6.11. The number of nitrogens with two attached hydrogens (primary N) is 1. The molecule has 108 valence electrons. The van der Waals surface area contributed by atoms with Crippen LogP contribution >= 0.6 is 11.6 Å². The Balaban J connectivity index is 2.20. The van der Waals surface area contributed by atoms with Crippen molar-refractivity contribution in [1.29, 1.82) is 0 Å². The van der Waals surface area contributed by atoms with Crippen LogP contribution < -0.4 is 11.1 Å². The monoisotopic (exact) mass is 302 g/mol. The minimum absolute atomic E-state index is 0.244. The van der Waals surface area contributed by atoms with Gasteiger partial charge in [0.2, 0.25) is 0 Å². The summed E-state index contributed by atoms with van der Waals surface area (Å²) < 4.78 is 1.64. The number of amides is 1. The molecule has 0 fully saturated rings. The third kappa shape index (κ3) is 3.63. The van der Waals surface area contributed by atoms with Crippen LogP contribution in [0.1, 0.15) is 21.6 Å². The van der Waals surface area contributed by atoms with Crippen molar-refractivity contribution in [1.82, 2.24) is 9.78 Å². The van der Waals surface area contributed by atoms with E-state index >= 15 is 0 Å². The zero-order chi connectivity index (χ0) is 15.4. The highest BCUT2D eigenvalue weighted by molar-refractivity contribution is 6.32. The van der Waals surface area contributed by atoms with Gasteiger partial charge in [-0.25, -0.2) is 0 Å². The zero-order valence-corrected chi connectivity index (χ0v) is 12.5. The standard InChI is InChI=1S/C15H15ClN4O/c1-10-14(9-20(2)19-10)18-15(21)12-6-5-11(4-3-7-17)13(16)8-12/h5-6,8-9H,7,17H2,1-2H3,(H,18,21). The van der Waals surface area contributed by atoms with Crippen LogP contribution in [0.25, 0.3) is 0 Å². The van der Waals surface area contributed by atoms with E-state index in [-0.39, 0.29) is 12.5 Å². The number of aryl methyl sites for hydroxylation is 2. The molecule has 2 rings (SSSR count). The predicted octanol–water partition coefficient (Wildman–Crippen LogP) is 1.94. The van der Waals surface area contributed by atoms with Gasteiger partial charge in [-0.2, -0.15) is 5.10 Å². The van der Waals surface area contributed by atoms with Crippen molar-refractivity contribution < 1.29 is 4.79 Å². The molecule has 3 N–H and O–H groups in total. The minimum atomic E-state index is -0.244. The molecule has 0 atom stereocenters. The van der Waals surface area contributed by atoms with Gasteiger partial charge in [0.05, 0.1) is 22.9 Å². The van der Waals surface area contributed by atoms with Gasteiger partial charge in [0.1, 0.15) is 0 Å². The van der Waals surface area contributed by atoms with E-state index < -0.39 is 0 Å². The Hall–Kier alpha value is -2.29. The Kier molecular flexibility index (Phi) is 4.63. The lowest BCUT2D eigenvalue weighted by Gasteiger charge is -2.05. The second-order valence-corrected chi connectivity index (χ2v) is 4.86. The number of anilines is 1. The molecule has 0 radical (unpaired) electrons. The van der Waals surface area contributed by atoms with Gasteiger partial charge in [0.15, 0.2) is 0 Å². The molecule has 5 nitrogen and oxygen atoms in total. The lowest BCUT2D eigenvalue weighted by atomic mass is 10.1. The first-order valence-corrected chi connectivity index (χ1v) is 6.69. The van der Waals surface area contributed by atoms with E-state index in [9.17, 15) is 4.79 Å². The molecule has 0 saturated carbocycles. The van der Waals surface area contributed by atoms with Gasteiger partial charge in [-0.05, 0) is 25.1 Å². The Morgan fingerprint density at radius 1 is 1.52 bits per heavy atom.